The second-order valence-electron chi connectivity index (χ2n) is 5.20. The van der Waals surface area contributed by atoms with Crippen molar-refractivity contribution in [3.8, 4) is 11.5 Å². The Balaban J connectivity index is 2.02. The summed E-state index contributed by atoms with van der Waals surface area (Å²) in [6, 6.07) is 5.65. The summed E-state index contributed by atoms with van der Waals surface area (Å²) >= 11 is 0. The van der Waals surface area contributed by atoms with Gasteiger partial charge in [0.25, 0.3) is 0 Å². The van der Waals surface area contributed by atoms with Crippen molar-refractivity contribution in [3.63, 3.8) is 0 Å². The molecule has 2 N–H and O–H groups in total. The first-order valence-electron chi connectivity index (χ1n) is 6.85. The monoisotopic (exact) mass is 265 g/mol. The molecule has 0 bridgehead atoms. The molecular formula is C15H23NO3. The molecule has 0 aromatic heterocycles. The minimum atomic E-state index is -0.580. The van der Waals surface area contributed by atoms with Gasteiger partial charge in [-0.1, -0.05) is 19.3 Å². The van der Waals surface area contributed by atoms with Gasteiger partial charge in [-0.25, -0.2) is 0 Å². The summed E-state index contributed by atoms with van der Waals surface area (Å²) in [7, 11) is 3.27. The Kier molecular flexibility index (Phi) is 4.53. The molecule has 0 amide bonds. The normalized spacial score (nSPS) is 17.8. The topological polar surface area (TPSA) is 50.7 Å². The van der Waals surface area contributed by atoms with Gasteiger partial charge in [0.05, 0.1) is 25.5 Å². The smallest absolute Gasteiger partial charge is 0.145 e. The molecule has 0 heterocycles. The van der Waals surface area contributed by atoms with E-state index in [-0.39, 0.29) is 0 Å². The van der Waals surface area contributed by atoms with Crippen LogP contribution in [-0.2, 0) is 0 Å². The number of hydrogen-bond donors (Lipinski definition) is 2. The Morgan fingerprint density at radius 3 is 2.53 bits per heavy atom. The molecule has 0 unspecified atom stereocenters. The van der Waals surface area contributed by atoms with E-state index in [1.807, 2.05) is 18.2 Å². The van der Waals surface area contributed by atoms with Crippen molar-refractivity contribution in [2.24, 2.45) is 0 Å². The predicted molar refractivity (Wildman–Crippen MR) is 76.1 cm³/mol. The number of methoxy groups -OCH3 is 2. The lowest BCUT2D eigenvalue weighted by Gasteiger charge is -2.32. The minimum absolute atomic E-state index is 0.565. The average Bonchev–Trinajstić information content (AvgIpc) is 2.45. The van der Waals surface area contributed by atoms with E-state index in [4.69, 9.17) is 9.47 Å². The lowest BCUT2D eigenvalue weighted by molar-refractivity contribution is 0.0167. The maximum atomic E-state index is 10.5. The van der Waals surface area contributed by atoms with Gasteiger partial charge in [0.1, 0.15) is 11.5 Å². The van der Waals surface area contributed by atoms with Crippen LogP contribution in [0.15, 0.2) is 18.2 Å². The maximum absolute atomic E-state index is 10.5. The van der Waals surface area contributed by atoms with Crippen LogP contribution in [-0.4, -0.2) is 31.5 Å². The van der Waals surface area contributed by atoms with Gasteiger partial charge in [-0.3, -0.25) is 0 Å². The molecule has 0 atom stereocenters. The Morgan fingerprint density at radius 1 is 1.16 bits per heavy atom. The van der Waals surface area contributed by atoms with Crippen LogP contribution < -0.4 is 14.8 Å². The fraction of sp³-hybridized carbons (Fsp3) is 0.600. The zero-order chi connectivity index (χ0) is 13.7. The Hall–Kier alpha value is -1.42. The highest BCUT2D eigenvalue weighted by Gasteiger charge is 2.29. The minimum Gasteiger partial charge on any atom is -0.497 e. The molecule has 0 saturated heterocycles. The van der Waals surface area contributed by atoms with Crippen LogP contribution >= 0.6 is 0 Å². The molecule has 0 radical (unpaired) electrons. The Bertz CT molecular complexity index is 414. The quantitative estimate of drug-likeness (QED) is 0.859. The molecular weight excluding hydrogens is 242 g/mol. The molecule has 1 saturated carbocycles. The molecule has 0 aliphatic heterocycles. The van der Waals surface area contributed by atoms with Crippen molar-refractivity contribution in [2.45, 2.75) is 37.7 Å². The number of aliphatic hydroxyl groups is 1. The van der Waals surface area contributed by atoms with Crippen LogP contribution in [0.3, 0.4) is 0 Å². The van der Waals surface area contributed by atoms with Crippen LogP contribution in [0.5, 0.6) is 11.5 Å². The summed E-state index contributed by atoms with van der Waals surface area (Å²) in [4.78, 5) is 0. The van der Waals surface area contributed by atoms with Crippen LogP contribution in [0.2, 0.25) is 0 Å². The zero-order valence-electron chi connectivity index (χ0n) is 11.7. The van der Waals surface area contributed by atoms with Crippen molar-refractivity contribution < 1.29 is 14.6 Å². The van der Waals surface area contributed by atoms with Gasteiger partial charge in [0.15, 0.2) is 0 Å². The third kappa shape index (κ3) is 3.53. The molecule has 0 spiro atoms. The Morgan fingerprint density at radius 2 is 1.89 bits per heavy atom. The summed E-state index contributed by atoms with van der Waals surface area (Å²) in [5, 5.41) is 13.8. The van der Waals surface area contributed by atoms with Gasteiger partial charge in [-0.05, 0) is 25.0 Å². The average molecular weight is 265 g/mol. The van der Waals surface area contributed by atoms with Gasteiger partial charge in [0.2, 0.25) is 0 Å². The third-order valence-electron chi connectivity index (χ3n) is 3.80. The summed E-state index contributed by atoms with van der Waals surface area (Å²) in [6.07, 6.45) is 5.20. The van der Waals surface area contributed by atoms with E-state index in [2.05, 4.69) is 5.32 Å². The largest absolute Gasteiger partial charge is 0.497 e. The highest BCUT2D eigenvalue weighted by Crippen LogP contribution is 2.32. The van der Waals surface area contributed by atoms with E-state index in [0.717, 1.165) is 42.9 Å². The number of hydrogen-bond acceptors (Lipinski definition) is 4. The first kappa shape index (κ1) is 14.0. The van der Waals surface area contributed by atoms with Crippen molar-refractivity contribution >= 4 is 5.69 Å². The van der Waals surface area contributed by atoms with Crippen molar-refractivity contribution in [2.75, 3.05) is 26.1 Å². The summed E-state index contributed by atoms with van der Waals surface area (Å²) in [5.41, 5.74) is 0.311. The lowest BCUT2D eigenvalue weighted by atomic mass is 9.85. The first-order chi connectivity index (χ1) is 9.17. The van der Waals surface area contributed by atoms with Gasteiger partial charge >= 0.3 is 0 Å². The number of nitrogens with one attached hydrogen (secondary N) is 1. The molecule has 2 rings (SSSR count). The van der Waals surface area contributed by atoms with Crippen LogP contribution in [0.1, 0.15) is 32.1 Å². The number of ether oxygens (including phenoxy) is 2. The van der Waals surface area contributed by atoms with Crippen molar-refractivity contribution in [3.05, 3.63) is 18.2 Å². The van der Waals surface area contributed by atoms with Crippen LogP contribution in [0.25, 0.3) is 0 Å². The predicted octanol–water partition coefficient (Wildman–Crippen LogP) is 2.81. The molecule has 1 aromatic carbocycles. The van der Waals surface area contributed by atoms with Gasteiger partial charge in [-0.15, -0.1) is 0 Å². The molecule has 1 aliphatic rings. The highest BCUT2D eigenvalue weighted by atomic mass is 16.5. The lowest BCUT2D eigenvalue weighted by Crippen LogP contribution is -2.38. The third-order valence-corrected chi connectivity index (χ3v) is 3.80. The number of rotatable bonds is 5. The number of anilines is 1. The van der Waals surface area contributed by atoms with Gasteiger partial charge in [0, 0.05) is 12.6 Å². The standard InChI is InChI=1S/C15H23NO3/c1-18-12-6-7-13(14(10-12)19-2)16-11-15(17)8-4-3-5-9-15/h6-7,10,16-17H,3-5,8-9,11H2,1-2H3. The summed E-state index contributed by atoms with van der Waals surface area (Å²) < 4.78 is 10.5. The van der Waals surface area contributed by atoms with E-state index < -0.39 is 5.60 Å². The molecule has 106 valence electrons. The first-order valence-corrected chi connectivity index (χ1v) is 6.85. The summed E-state index contributed by atoms with van der Waals surface area (Å²) in [6.45, 7) is 0.565. The fourth-order valence-corrected chi connectivity index (χ4v) is 2.59. The van der Waals surface area contributed by atoms with E-state index >= 15 is 0 Å². The van der Waals surface area contributed by atoms with Crippen molar-refractivity contribution in [1.29, 1.82) is 0 Å². The van der Waals surface area contributed by atoms with Crippen LogP contribution in [0, 0.1) is 0 Å². The van der Waals surface area contributed by atoms with E-state index in [1.165, 1.54) is 6.42 Å². The van der Waals surface area contributed by atoms with Gasteiger partial charge < -0.3 is 19.9 Å². The highest BCUT2D eigenvalue weighted by molar-refractivity contribution is 5.59. The maximum Gasteiger partial charge on any atom is 0.145 e. The molecule has 1 fully saturated rings. The second-order valence-corrected chi connectivity index (χ2v) is 5.20. The molecule has 4 nitrogen and oxygen atoms in total. The van der Waals surface area contributed by atoms with E-state index in [1.54, 1.807) is 14.2 Å². The molecule has 4 heteroatoms. The van der Waals surface area contributed by atoms with E-state index in [0.29, 0.717) is 6.54 Å². The summed E-state index contributed by atoms with van der Waals surface area (Å²) in [5.74, 6) is 1.50. The van der Waals surface area contributed by atoms with Crippen LogP contribution in [0.4, 0.5) is 5.69 Å². The molecule has 19 heavy (non-hydrogen) atoms. The SMILES string of the molecule is COc1ccc(NCC2(O)CCCCC2)c(OC)c1. The zero-order valence-corrected chi connectivity index (χ0v) is 11.7. The van der Waals surface area contributed by atoms with E-state index in [9.17, 15) is 5.11 Å². The van der Waals surface area contributed by atoms with Crippen molar-refractivity contribution in [1.82, 2.24) is 0 Å². The Labute approximate surface area is 114 Å². The fourth-order valence-electron chi connectivity index (χ4n) is 2.59. The van der Waals surface area contributed by atoms with Gasteiger partial charge in [-0.2, -0.15) is 0 Å². The second kappa shape index (κ2) is 6.15. The molecule has 1 aliphatic carbocycles. The number of benzene rings is 1. The molecule has 1 aromatic rings.